The minimum absolute atomic E-state index is 0.696. The lowest BCUT2D eigenvalue weighted by molar-refractivity contribution is 0.528. The lowest BCUT2D eigenvalue weighted by atomic mass is 10.0. The van der Waals surface area contributed by atoms with Gasteiger partial charge in [0.15, 0.2) is 0 Å². The van der Waals surface area contributed by atoms with E-state index in [1.807, 2.05) is 6.07 Å². The Kier molecular flexibility index (Phi) is 4.73. The van der Waals surface area contributed by atoms with E-state index in [1.54, 1.807) is 0 Å². The molecule has 1 fully saturated rings. The summed E-state index contributed by atoms with van der Waals surface area (Å²) in [5.41, 5.74) is 9.80. The van der Waals surface area contributed by atoms with Gasteiger partial charge >= 0.3 is 0 Å². The number of benzene rings is 1. The molecule has 0 bridgehead atoms. The first-order valence-corrected chi connectivity index (χ1v) is 7.71. The van der Waals surface area contributed by atoms with Crippen LogP contribution in [-0.2, 0) is 0 Å². The van der Waals surface area contributed by atoms with E-state index in [0.717, 1.165) is 18.2 Å². The molecule has 106 valence electrons. The molecular weight excluding hydrogens is 232 g/mol. The Labute approximate surface area is 118 Å². The molecule has 0 spiro atoms. The molecule has 1 aliphatic carbocycles. The van der Waals surface area contributed by atoms with Gasteiger partial charge in [-0.2, -0.15) is 0 Å². The molecule has 0 atom stereocenters. The highest BCUT2D eigenvalue weighted by atomic mass is 15.2. The molecule has 2 heteroatoms. The zero-order valence-corrected chi connectivity index (χ0v) is 12.7. The first kappa shape index (κ1) is 14.2. The van der Waals surface area contributed by atoms with Crippen molar-refractivity contribution in [3.63, 3.8) is 0 Å². The van der Waals surface area contributed by atoms with E-state index < -0.39 is 0 Å². The van der Waals surface area contributed by atoms with Crippen molar-refractivity contribution in [2.45, 2.75) is 58.9 Å². The van der Waals surface area contributed by atoms with E-state index in [4.69, 9.17) is 5.73 Å². The summed E-state index contributed by atoms with van der Waals surface area (Å²) in [6.45, 7) is 7.92. The lowest BCUT2D eigenvalue weighted by Crippen LogP contribution is -2.35. The largest absolute Gasteiger partial charge is 0.397 e. The molecule has 0 aromatic heterocycles. The summed E-state index contributed by atoms with van der Waals surface area (Å²) in [4.78, 5) is 2.59. The average Bonchev–Trinajstić information content (AvgIpc) is 2.86. The van der Waals surface area contributed by atoms with Crippen LogP contribution >= 0.6 is 0 Å². The van der Waals surface area contributed by atoms with Crippen LogP contribution in [0.1, 0.15) is 51.5 Å². The van der Waals surface area contributed by atoms with Gasteiger partial charge in [0.25, 0.3) is 0 Å². The second kappa shape index (κ2) is 6.31. The van der Waals surface area contributed by atoms with Crippen molar-refractivity contribution in [1.29, 1.82) is 0 Å². The van der Waals surface area contributed by atoms with Crippen molar-refractivity contribution < 1.29 is 0 Å². The first-order chi connectivity index (χ1) is 9.09. The first-order valence-electron chi connectivity index (χ1n) is 7.71. The van der Waals surface area contributed by atoms with Crippen LogP contribution in [0.15, 0.2) is 18.2 Å². The van der Waals surface area contributed by atoms with Gasteiger partial charge in [-0.3, -0.25) is 0 Å². The third-order valence-electron chi connectivity index (χ3n) is 4.27. The van der Waals surface area contributed by atoms with E-state index in [-0.39, 0.29) is 0 Å². The number of anilines is 2. The minimum Gasteiger partial charge on any atom is -0.397 e. The molecule has 2 nitrogen and oxygen atoms in total. The van der Waals surface area contributed by atoms with Gasteiger partial charge in [-0.05, 0) is 43.7 Å². The van der Waals surface area contributed by atoms with Gasteiger partial charge in [0.2, 0.25) is 0 Å². The second-order valence-corrected chi connectivity index (χ2v) is 6.33. The van der Waals surface area contributed by atoms with Gasteiger partial charge in [-0.1, -0.05) is 38.8 Å². The fourth-order valence-electron chi connectivity index (χ4n) is 3.16. The van der Waals surface area contributed by atoms with E-state index in [0.29, 0.717) is 6.04 Å². The maximum Gasteiger partial charge on any atom is 0.0632 e. The third-order valence-corrected chi connectivity index (χ3v) is 4.27. The van der Waals surface area contributed by atoms with Crippen molar-refractivity contribution in [2.24, 2.45) is 5.92 Å². The van der Waals surface area contributed by atoms with Crippen molar-refractivity contribution in [3.05, 3.63) is 23.8 Å². The standard InChI is InChI=1S/C17H28N2/c1-13(2)11-12-19(15-8-4-5-9-15)17-14(3)7-6-10-16(17)18/h6-7,10,13,15H,4-5,8-9,11-12,18H2,1-3H3. The number of hydrogen-bond acceptors (Lipinski definition) is 2. The van der Waals surface area contributed by atoms with Crippen LogP contribution in [0.4, 0.5) is 11.4 Å². The average molecular weight is 260 g/mol. The molecule has 19 heavy (non-hydrogen) atoms. The van der Waals surface area contributed by atoms with Crippen LogP contribution in [0.25, 0.3) is 0 Å². The topological polar surface area (TPSA) is 29.3 Å². The second-order valence-electron chi connectivity index (χ2n) is 6.33. The van der Waals surface area contributed by atoms with Gasteiger partial charge in [0.05, 0.1) is 11.4 Å². The molecule has 1 aromatic rings. The third kappa shape index (κ3) is 3.43. The Morgan fingerprint density at radius 1 is 1.26 bits per heavy atom. The smallest absolute Gasteiger partial charge is 0.0632 e. The summed E-state index contributed by atoms with van der Waals surface area (Å²) in [5, 5.41) is 0. The number of nitrogens with two attached hydrogens (primary N) is 1. The maximum atomic E-state index is 6.25. The highest BCUT2D eigenvalue weighted by molar-refractivity contribution is 5.71. The van der Waals surface area contributed by atoms with Crippen LogP contribution in [0.2, 0.25) is 0 Å². The van der Waals surface area contributed by atoms with Crippen molar-refractivity contribution in [1.82, 2.24) is 0 Å². The van der Waals surface area contributed by atoms with Crippen molar-refractivity contribution >= 4 is 11.4 Å². The van der Waals surface area contributed by atoms with Crippen molar-refractivity contribution in [3.8, 4) is 0 Å². The molecular formula is C17H28N2. The highest BCUT2D eigenvalue weighted by Crippen LogP contribution is 2.34. The number of aryl methyl sites for hydroxylation is 1. The Hall–Kier alpha value is -1.18. The molecule has 0 saturated heterocycles. The van der Waals surface area contributed by atoms with Gasteiger partial charge < -0.3 is 10.6 Å². The summed E-state index contributed by atoms with van der Waals surface area (Å²) in [5.74, 6) is 0.745. The van der Waals surface area contributed by atoms with Crippen LogP contribution in [0, 0.1) is 12.8 Å². The molecule has 2 N–H and O–H groups in total. The minimum atomic E-state index is 0.696. The highest BCUT2D eigenvalue weighted by Gasteiger charge is 2.25. The Morgan fingerprint density at radius 2 is 1.95 bits per heavy atom. The maximum absolute atomic E-state index is 6.25. The summed E-state index contributed by atoms with van der Waals surface area (Å²) < 4.78 is 0. The Bertz CT molecular complexity index is 385. The quantitative estimate of drug-likeness (QED) is 0.796. The molecule has 0 amide bonds. The predicted molar refractivity (Wildman–Crippen MR) is 84.6 cm³/mol. The summed E-state index contributed by atoms with van der Waals surface area (Å²) in [6.07, 6.45) is 6.63. The SMILES string of the molecule is Cc1cccc(N)c1N(CCC(C)C)C1CCCC1. The molecule has 0 unspecified atom stereocenters. The van der Waals surface area contributed by atoms with E-state index in [1.165, 1.54) is 43.4 Å². The number of rotatable bonds is 5. The summed E-state index contributed by atoms with van der Waals surface area (Å²) in [7, 11) is 0. The zero-order chi connectivity index (χ0) is 13.8. The fourth-order valence-corrected chi connectivity index (χ4v) is 3.16. The Balaban J connectivity index is 2.25. The van der Waals surface area contributed by atoms with Crippen LogP contribution in [-0.4, -0.2) is 12.6 Å². The van der Waals surface area contributed by atoms with Gasteiger partial charge in [0, 0.05) is 12.6 Å². The molecule has 1 aromatic carbocycles. The number of nitrogen functional groups attached to an aromatic ring is 1. The fraction of sp³-hybridized carbons (Fsp3) is 0.647. The summed E-state index contributed by atoms with van der Waals surface area (Å²) in [6, 6.07) is 6.98. The molecule has 0 aliphatic heterocycles. The predicted octanol–water partition coefficient (Wildman–Crippen LogP) is 4.37. The van der Waals surface area contributed by atoms with Crippen LogP contribution in [0.5, 0.6) is 0 Å². The van der Waals surface area contributed by atoms with Crippen LogP contribution < -0.4 is 10.6 Å². The number of para-hydroxylation sites is 1. The zero-order valence-electron chi connectivity index (χ0n) is 12.7. The summed E-state index contributed by atoms with van der Waals surface area (Å²) >= 11 is 0. The van der Waals surface area contributed by atoms with E-state index in [2.05, 4.69) is 37.8 Å². The normalized spacial score (nSPS) is 16.2. The molecule has 1 aliphatic rings. The molecule has 0 heterocycles. The van der Waals surface area contributed by atoms with Gasteiger partial charge in [0.1, 0.15) is 0 Å². The Morgan fingerprint density at radius 3 is 2.53 bits per heavy atom. The van der Waals surface area contributed by atoms with Gasteiger partial charge in [-0.15, -0.1) is 0 Å². The monoisotopic (exact) mass is 260 g/mol. The molecule has 2 rings (SSSR count). The molecule has 0 radical (unpaired) electrons. The van der Waals surface area contributed by atoms with Crippen molar-refractivity contribution in [2.75, 3.05) is 17.2 Å². The van der Waals surface area contributed by atoms with E-state index in [9.17, 15) is 0 Å². The molecule has 1 saturated carbocycles. The lowest BCUT2D eigenvalue weighted by Gasteiger charge is -2.34. The van der Waals surface area contributed by atoms with Crippen LogP contribution in [0.3, 0.4) is 0 Å². The van der Waals surface area contributed by atoms with Gasteiger partial charge in [-0.25, -0.2) is 0 Å². The number of nitrogens with zero attached hydrogens (tertiary/aromatic N) is 1. The number of hydrogen-bond donors (Lipinski definition) is 1. The van der Waals surface area contributed by atoms with E-state index >= 15 is 0 Å².